The van der Waals surface area contributed by atoms with Gasteiger partial charge in [0, 0.05) is 12.0 Å². The molecule has 5 aliphatic rings. The number of carbonyl (C=O) groups excluding carboxylic acids is 2. The highest BCUT2D eigenvalue weighted by molar-refractivity contribution is 5.88. The van der Waals surface area contributed by atoms with Gasteiger partial charge in [-0.3, -0.25) is 14.5 Å². The summed E-state index contributed by atoms with van der Waals surface area (Å²) in [7, 11) is 0. The van der Waals surface area contributed by atoms with Crippen LogP contribution in [-0.2, 0) is 16.1 Å². The molecule has 6 rings (SSSR count). The minimum atomic E-state index is -0.137. The Labute approximate surface area is 168 Å². The number of hydrogen-bond acceptors (Lipinski definition) is 3. The maximum Gasteiger partial charge on any atom is 0.237 e. The first kappa shape index (κ1) is 18.4. The van der Waals surface area contributed by atoms with Crippen molar-refractivity contribution in [2.45, 2.75) is 64.0 Å². The summed E-state index contributed by atoms with van der Waals surface area (Å²) in [5.41, 5.74) is 1.06. The molecular weight excluding hydrogens is 348 g/mol. The van der Waals surface area contributed by atoms with E-state index in [4.69, 9.17) is 0 Å². The number of hydrogen-bond donors (Lipinski definition) is 1. The van der Waals surface area contributed by atoms with E-state index in [0.29, 0.717) is 18.9 Å². The number of amides is 1. The zero-order chi connectivity index (χ0) is 19.1. The van der Waals surface area contributed by atoms with Crippen molar-refractivity contribution in [3.8, 4) is 0 Å². The molecule has 1 atom stereocenters. The fourth-order valence-electron chi connectivity index (χ4n) is 7.02. The molecule has 4 aliphatic carbocycles. The standard InChI is InChI=1S/C24H32N2O2/c27-22(24-12-18-9-19(13-24)11-20(10-18)14-24)16-26-8-4-7-21(26)23(28)25-15-17-5-2-1-3-6-17/h1-3,5-6,18-21H,4,7-16H2,(H,25,28)/t18?,19?,20?,21-,24?/m0/s1. The van der Waals surface area contributed by atoms with Gasteiger partial charge in [0.1, 0.15) is 0 Å². The monoisotopic (exact) mass is 380 g/mol. The summed E-state index contributed by atoms with van der Waals surface area (Å²) in [5, 5.41) is 3.09. The Bertz CT molecular complexity index is 709. The maximum absolute atomic E-state index is 13.4. The first-order valence-electron chi connectivity index (χ1n) is 11.2. The van der Waals surface area contributed by atoms with Gasteiger partial charge in [0.15, 0.2) is 5.78 Å². The van der Waals surface area contributed by atoms with Crippen LogP contribution in [0.3, 0.4) is 0 Å². The van der Waals surface area contributed by atoms with Crippen molar-refractivity contribution in [3.63, 3.8) is 0 Å². The van der Waals surface area contributed by atoms with Crippen LogP contribution in [0, 0.1) is 23.2 Å². The number of likely N-dealkylation sites (tertiary alicyclic amines) is 1. The molecule has 1 amide bonds. The van der Waals surface area contributed by atoms with Crippen molar-refractivity contribution in [2.24, 2.45) is 23.2 Å². The summed E-state index contributed by atoms with van der Waals surface area (Å²) < 4.78 is 0. The minimum absolute atomic E-state index is 0.0532. The molecule has 0 radical (unpaired) electrons. The second kappa shape index (κ2) is 7.29. The molecule has 1 aromatic carbocycles. The molecule has 28 heavy (non-hydrogen) atoms. The van der Waals surface area contributed by atoms with Crippen LogP contribution in [0.4, 0.5) is 0 Å². The van der Waals surface area contributed by atoms with Crippen LogP contribution in [0.2, 0.25) is 0 Å². The number of Topliss-reactive ketones (excluding diaryl/α,β-unsaturated/α-hetero) is 1. The van der Waals surface area contributed by atoms with Gasteiger partial charge in [0.25, 0.3) is 0 Å². The normalized spacial score (nSPS) is 36.6. The molecule has 1 N–H and O–H groups in total. The molecule has 0 aromatic heterocycles. The molecule has 0 unspecified atom stereocenters. The van der Waals surface area contributed by atoms with E-state index in [1.54, 1.807) is 0 Å². The molecule has 5 fully saturated rings. The van der Waals surface area contributed by atoms with E-state index in [1.165, 1.54) is 19.3 Å². The lowest BCUT2D eigenvalue weighted by Gasteiger charge is -2.56. The minimum Gasteiger partial charge on any atom is -0.351 e. The van der Waals surface area contributed by atoms with Gasteiger partial charge in [-0.1, -0.05) is 30.3 Å². The smallest absolute Gasteiger partial charge is 0.237 e. The summed E-state index contributed by atoms with van der Waals surface area (Å²) in [6.07, 6.45) is 9.33. The first-order valence-corrected chi connectivity index (χ1v) is 11.2. The Balaban J connectivity index is 1.21. The fraction of sp³-hybridized carbons (Fsp3) is 0.667. The molecule has 150 valence electrons. The Hall–Kier alpha value is -1.68. The van der Waals surface area contributed by atoms with Crippen LogP contribution >= 0.6 is 0 Å². The van der Waals surface area contributed by atoms with Crippen LogP contribution in [0.25, 0.3) is 0 Å². The van der Waals surface area contributed by atoms with E-state index in [2.05, 4.69) is 10.2 Å². The van der Waals surface area contributed by atoms with Gasteiger partial charge in [-0.05, 0) is 81.2 Å². The Morgan fingerprint density at radius 1 is 1.00 bits per heavy atom. The highest BCUT2D eigenvalue weighted by Gasteiger charge is 2.54. The van der Waals surface area contributed by atoms with Gasteiger partial charge >= 0.3 is 0 Å². The van der Waals surface area contributed by atoms with Gasteiger partial charge in [0.05, 0.1) is 12.6 Å². The third-order valence-electron chi connectivity index (χ3n) is 7.95. The van der Waals surface area contributed by atoms with Crippen LogP contribution in [0.1, 0.15) is 56.9 Å². The molecule has 1 aliphatic heterocycles. The molecular formula is C24H32N2O2. The number of ketones is 1. The largest absolute Gasteiger partial charge is 0.351 e. The number of nitrogens with one attached hydrogen (secondary N) is 1. The molecule has 4 bridgehead atoms. The Morgan fingerprint density at radius 3 is 2.29 bits per heavy atom. The van der Waals surface area contributed by atoms with E-state index in [9.17, 15) is 9.59 Å². The quantitative estimate of drug-likeness (QED) is 0.821. The predicted molar refractivity (Wildman–Crippen MR) is 108 cm³/mol. The molecule has 4 heteroatoms. The molecule has 4 nitrogen and oxygen atoms in total. The van der Waals surface area contributed by atoms with Gasteiger partial charge in [-0.15, -0.1) is 0 Å². The van der Waals surface area contributed by atoms with E-state index in [1.807, 2.05) is 30.3 Å². The van der Waals surface area contributed by atoms with E-state index in [-0.39, 0.29) is 17.4 Å². The van der Waals surface area contributed by atoms with E-state index in [0.717, 1.165) is 62.0 Å². The lowest BCUT2D eigenvalue weighted by molar-refractivity contribution is -0.145. The van der Waals surface area contributed by atoms with Crippen molar-refractivity contribution < 1.29 is 9.59 Å². The zero-order valence-electron chi connectivity index (χ0n) is 16.7. The summed E-state index contributed by atoms with van der Waals surface area (Å²) >= 11 is 0. The average molecular weight is 381 g/mol. The lowest BCUT2D eigenvalue weighted by Crippen LogP contribution is -2.53. The third kappa shape index (κ3) is 3.41. The van der Waals surface area contributed by atoms with Crippen molar-refractivity contribution in [2.75, 3.05) is 13.1 Å². The number of rotatable bonds is 6. The second-order valence-electron chi connectivity index (χ2n) is 9.95. The summed E-state index contributed by atoms with van der Waals surface area (Å²) in [4.78, 5) is 28.4. The topological polar surface area (TPSA) is 49.4 Å². The van der Waals surface area contributed by atoms with Crippen molar-refractivity contribution in [3.05, 3.63) is 35.9 Å². The molecule has 4 saturated carbocycles. The Morgan fingerprint density at radius 2 is 1.64 bits per heavy atom. The summed E-state index contributed by atoms with van der Waals surface area (Å²) in [6.45, 7) is 1.92. The molecule has 1 aromatic rings. The van der Waals surface area contributed by atoms with Gasteiger partial charge in [0.2, 0.25) is 5.91 Å². The highest BCUT2D eigenvalue weighted by Crippen LogP contribution is 2.60. The van der Waals surface area contributed by atoms with Gasteiger partial charge < -0.3 is 5.32 Å². The van der Waals surface area contributed by atoms with E-state index < -0.39 is 0 Å². The highest BCUT2D eigenvalue weighted by atomic mass is 16.2. The number of nitrogens with zero attached hydrogens (tertiary/aromatic N) is 1. The lowest BCUT2D eigenvalue weighted by atomic mass is 9.48. The first-order chi connectivity index (χ1) is 13.6. The molecule has 0 spiro atoms. The van der Waals surface area contributed by atoms with Gasteiger partial charge in [-0.2, -0.15) is 0 Å². The number of benzene rings is 1. The summed E-state index contributed by atoms with van der Waals surface area (Å²) in [5.74, 6) is 2.89. The van der Waals surface area contributed by atoms with Crippen LogP contribution in [0.15, 0.2) is 30.3 Å². The number of carbonyl (C=O) groups is 2. The van der Waals surface area contributed by atoms with Crippen molar-refractivity contribution in [1.82, 2.24) is 10.2 Å². The fourth-order valence-corrected chi connectivity index (χ4v) is 7.02. The van der Waals surface area contributed by atoms with Crippen LogP contribution in [0.5, 0.6) is 0 Å². The van der Waals surface area contributed by atoms with Crippen molar-refractivity contribution >= 4 is 11.7 Å². The summed E-state index contributed by atoms with van der Waals surface area (Å²) in [6, 6.07) is 9.90. The molecule has 1 heterocycles. The van der Waals surface area contributed by atoms with E-state index >= 15 is 0 Å². The third-order valence-corrected chi connectivity index (χ3v) is 7.95. The van der Waals surface area contributed by atoms with Crippen molar-refractivity contribution in [1.29, 1.82) is 0 Å². The van der Waals surface area contributed by atoms with Gasteiger partial charge in [-0.25, -0.2) is 0 Å². The predicted octanol–water partition coefficient (Wildman–Crippen LogP) is 3.55. The SMILES string of the molecule is O=C(NCc1ccccc1)[C@@H]1CCCN1CC(=O)C12CC3CC(CC(C3)C1)C2. The zero-order valence-corrected chi connectivity index (χ0v) is 16.7. The Kier molecular flexibility index (Phi) is 4.78. The second-order valence-corrected chi connectivity index (χ2v) is 9.95. The van der Waals surface area contributed by atoms with Crippen LogP contribution in [-0.4, -0.2) is 35.7 Å². The molecule has 1 saturated heterocycles. The van der Waals surface area contributed by atoms with Crippen LogP contribution < -0.4 is 5.32 Å². The maximum atomic E-state index is 13.4. The average Bonchev–Trinajstić information content (AvgIpc) is 3.14.